The van der Waals surface area contributed by atoms with Crippen molar-refractivity contribution in [1.29, 1.82) is 0 Å². The number of nitrogens with zero attached hydrogens (tertiary/aromatic N) is 2. The van der Waals surface area contributed by atoms with Crippen LogP contribution in [0.25, 0.3) is 0 Å². The van der Waals surface area contributed by atoms with Gasteiger partial charge in [0.25, 0.3) is 0 Å². The minimum absolute atomic E-state index is 0.0410. The molecular formula is C16H20N3O4+. The minimum atomic E-state index is -1.11. The van der Waals surface area contributed by atoms with E-state index in [1.54, 1.807) is 36.0 Å². The number of pyridine rings is 1. The summed E-state index contributed by atoms with van der Waals surface area (Å²) in [6, 6.07) is 3.25. The lowest BCUT2D eigenvalue weighted by Crippen LogP contribution is -2.63. The molecular weight excluding hydrogens is 298 g/mol. The number of rotatable bonds is 4. The van der Waals surface area contributed by atoms with E-state index in [-0.39, 0.29) is 23.6 Å². The van der Waals surface area contributed by atoms with E-state index in [1.807, 2.05) is 6.92 Å². The number of aliphatic carboxylic acids is 1. The molecule has 0 aliphatic carbocycles. The van der Waals surface area contributed by atoms with Crippen molar-refractivity contribution < 1.29 is 24.4 Å². The number of β-lactam (4-membered cyclic amide) rings is 1. The topological polar surface area (TPSA) is 108 Å². The molecule has 23 heavy (non-hydrogen) atoms. The first-order valence-corrected chi connectivity index (χ1v) is 7.55. The van der Waals surface area contributed by atoms with Crippen molar-refractivity contribution in [1.82, 2.24) is 4.90 Å². The van der Waals surface area contributed by atoms with Crippen molar-refractivity contribution in [3.8, 4) is 0 Å². The van der Waals surface area contributed by atoms with Gasteiger partial charge in [-0.25, -0.2) is 4.79 Å². The van der Waals surface area contributed by atoms with E-state index in [9.17, 15) is 19.8 Å². The Morgan fingerprint density at radius 2 is 2.22 bits per heavy atom. The number of fused-ring (bicyclic) bond motifs is 1. The van der Waals surface area contributed by atoms with E-state index < -0.39 is 18.0 Å². The first-order chi connectivity index (χ1) is 10.8. The summed E-state index contributed by atoms with van der Waals surface area (Å²) in [6.45, 7) is 3.82. The Hall–Kier alpha value is -2.41. The average molecular weight is 318 g/mol. The van der Waals surface area contributed by atoms with Gasteiger partial charge in [-0.1, -0.05) is 6.92 Å². The molecule has 7 nitrogen and oxygen atoms in total. The molecule has 0 saturated carbocycles. The van der Waals surface area contributed by atoms with Crippen molar-refractivity contribution in [3.05, 3.63) is 35.8 Å². The zero-order chi connectivity index (χ0) is 16.9. The maximum absolute atomic E-state index is 12.2. The maximum Gasteiger partial charge on any atom is 0.352 e. The SMILES string of the molecule is C[C@@H](O)[C@H]1C(=O)N2C(C(=O)O)=C(C[n+]3cccc(N)c3)[C@H](C)[C@H]12. The van der Waals surface area contributed by atoms with Crippen molar-refractivity contribution >= 4 is 17.6 Å². The zero-order valence-corrected chi connectivity index (χ0v) is 13.0. The molecule has 1 saturated heterocycles. The number of carboxylic acid groups (broad SMARTS) is 1. The Bertz CT molecular complexity index is 713. The lowest BCUT2D eigenvalue weighted by atomic mass is 9.78. The predicted molar refractivity (Wildman–Crippen MR) is 80.7 cm³/mol. The number of aromatic nitrogens is 1. The molecule has 0 unspecified atom stereocenters. The van der Waals surface area contributed by atoms with Gasteiger partial charge in [-0.2, -0.15) is 4.57 Å². The van der Waals surface area contributed by atoms with E-state index >= 15 is 0 Å². The Kier molecular flexibility index (Phi) is 3.60. The Morgan fingerprint density at radius 1 is 1.52 bits per heavy atom. The highest BCUT2D eigenvalue weighted by atomic mass is 16.4. The van der Waals surface area contributed by atoms with Crippen LogP contribution in [0.5, 0.6) is 0 Å². The van der Waals surface area contributed by atoms with Crippen LogP contribution in [0.3, 0.4) is 0 Å². The highest BCUT2D eigenvalue weighted by molar-refractivity contribution is 5.99. The molecule has 0 spiro atoms. The van der Waals surface area contributed by atoms with E-state index in [2.05, 4.69) is 0 Å². The molecule has 0 bridgehead atoms. The van der Waals surface area contributed by atoms with Gasteiger partial charge in [0.2, 0.25) is 5.91 Å². The van der Waals surface area contributed by atoms with Crippen molar-refractivity contribution in [2.45, 2.75) is 32.5 Å². The van der Waals surface area contributed by atoms with Crippen LogP contribution in [0.4, 0.5) is 5.69 Å². The largest absolute Gasteiger partial charge is 0.477 e. The quantitative estimate of drug-likeness (QED) is 0.524. The number of amides is 1. The van der Waals surface area contributed by atoms with Gasteiger partial charge in [-0.15, -0.1) is 0 Å². The number of carbonyl (C=O) groups is 2. The molecule has 2 aliphatic rings. The highest BCUT2D eigenvalue weighted by Crippen LogP contribution is 2.47. The fourth-order valence-electron chi connectivity index (χ4n) is 3.69. The van der Waals surface area contributed by atoms with Gasteiger partial charge < -0.3 is 20.8 Å². The van der Waals surface area contributed by atoms with Gasteiger partial charge in [0.05, 0.1) is 23.8 Å². The first kappa shape index (κ1) is 15.5. The van der Waals surface area contributed by atoms with Gasteiger partial charge in [0, 0.05) is 17.6 Å². The van der Waals surface area contributed by atoms with E-state index in [1.165, 1.54) is 4.90 Å². The zero-order valence-electron chi connectivity index (χ0n) is 13.0. The molecule has 1 amide bonds. The number of aliphatic hydroxyl groups is 1. The monoisotopic (exact) mass is 318 g/mol. The molecule has 4 N–H and O–H groups in total. The van der Waals surface area contributed by atoms with Crippen molar-refractivity contribution in [2.24, 2.45) is 11.8 Å². The summed E-state index contributed by atoms with van der Waals surface area (Å²) in [6.07, 6.45) is 2.74. The van der Waals surface area contributed by atoms with Crippen LogP contribution in [0.1, 0.15) is 13.8 Å². The summed E-state index contributed by atoms with van der Waals surface area (Å²) in [7, 11) is 0. The average Bonchev–Trinajstić information content (AvgIpc) is 2.69. The molecule has 122 valence electrons. The molecule has 0 aromatic carbocycles. The summed E-state index contributed by atoms with van der Waals surface area (Å²) in [5, 5.41) is 19.4. The van der Waals surface area contributed by atoms with Crippen LogP contribution in [0.15, 0.2) is 35.8 Å². The third-order valence-corrected chi connectivity index (χ3v) is 4.75. The number of carboxylic acids is 1. The third kappa shape index (κ3) is 2.28. The molecule has 3 heterocycles. The standard InChI is InChI=1S/C16H19N3O4/c1-8-11(7-18-5-3-4-10(17)6-18)14(16(22)23)19-13(8)12(9(2)20)15(19)21/h3-6,8-9,12-13,20H,7,17H2,1-2H3/p+1/t8-,9+,12+,13+/m0/s1. The van der Waals surface area contributed by atoms with Crippen LogP contribution in [-0.4, -0.2) is 39.1 Å². The van der Waals surface area contributed by atoms with Crippen LogP contribution in [0, 0.1) is 11.8 Å². The van der Waals surface area contributed by atoms with E-state index in [0.29, 0.717) is 17.8 Å². The molecule has 7 heteroatoms. The number of nitrogen functional groups attached to an aromatic ring is 1. The summed E-state index contributed by atoms with van der Waals surface area (Å²) >= 11 is 0. The molecule has 2 aliphatic heterocycles. The molecule has 1 fully saturated rings. The lowest BCUT2D eigenvalue weighted by Gasteiger charge is -2.46. The summed E-state index contributed by atoms with van der Waals surface area (Å²) in [5.74, 6) is -2.10. The molecule has 1 aromatic heterocycles. The Balaban J connectivity index is 1.98. The van der Waals surface area contributed by atoms with Gasteiger partial charge in [-0.05, 0) is 13.0 Å². The molecule has 4 atom stereocenters. The number of hydrogen-bond acceptors (Lipinski definition) is 4. The van der Waals surface area contributed by atoms with Gasteiger partial charge in [0.1, 0.15) is 5.70 Å². The highest BCUT2D eigenvalue weighted by Gasteiger charge is 2.60. The molecule has 1 aromatic rings. The van der Waals surface area contributed by atoms with E-state index in [0.717, 1.165) is 0 Å². The third-order valence-electron chi connectivity index (χ3n) is 4.75. The Labute approximate surface area is 133 Å². The predicted octanol–water partition coefficient (Wildman–Crippen LogP) is -0.247. The second kappa shape index (κ2) is 5.34. The lowest BCUT2D eigenvalue weighted by molar-refractivity contribution is -0.688. The molecule has 0 radical (unpaired) electrons. The van der Waals surface area contributed by atoms with Crippen LogP contribution in [-0.2, 0) is 16.1 Å². The number of anilines is 1. The summed E-state index contributed by atoms with van der Waals surface area (Å²) in [5.41, 5.74) is 7.06. The second-order valence-electron chi connectivity index (χ2n) is 6.24. The van der Waals surface area contributed by atoms with E-state index in [4.69, 9.17) is 5.73 Å². The normalized spacial score (nSPS) is 27.7. The molecule has 3 rings (SSSR count). The van der Waals surface area contributed by atoms with Gasteiger partial charge in [-0.3, -0.25) is 4.79 Å². The van der Waals surface area contributed by atoms with Gasteiger partial charge >= 0.3 is 5.97 Å². The number of nitrogens with two attached hydrogens (primary N) is 1. The smallest absolute Gasteiger partial charge is 0.352 e. The maximum atomic E-state index is 12.2. The first-order valence-electron chi connectivity index (χ1n) is 7.55. The summed E-state index contributed by atoms with van der Waals surface area (Å²) in [4.78, 5) is 25.2. The van der Waals surface area contributed by atoms with Crippen molar-refractivity contribution in [3.63, 3.8) is 0 Å². The second-order valence-corrected chi connectivity index (χ2v) is 6.24. The van der Waals surface area contributed by atoms with Crippen molar-refractivity contribution in [2.75, 3.05) is 5.73 Å². The van der Waals surface area contributed by atoms with Gasteiger partial charge in [0.15, 0.2) is 18.9 Å². The van der Waals surface area contributed by atoms with Crippen LogP contribution in [0.2, 0.25) is 0 Å². The van der Waals surface area contributed by atoms with Crippen LogP contribution < -0.4 is 10.3 Å². The summed E-state index contributed by atoms with van der Waals surface area (Å²) < 4.78 is 1.80. The Morgan fingerprint density at radius 3 is 2.78 bits per heavy atom. The fourth-order valence-corrected chi connectivity index (χ4v) is 3.69. The number of aliphatic hydroxyl groups excluding tert-OH is 1. The number of hydrogen-bond donors (Lipinski definition) is 3. The number of carbonyl (C=O) groups excluding carboxylic acids is 1. The van der Waals surface area contributed by atoms with Crippen LogP contribution >= 0.6 is 0 Å². The minimum Gasteiger partial charge on any atom is -0.477 e. The fraction of sp³-hybridized carbons (Fsp3) is 0.438.